The van der Waals surface area contributed by atoms with Crippen molar-refractivity contribution in [3.05, 3.63) is 51.3 Å². The lowest BCUT2D eigenvalue weighted by atomic mass is 10.1. The van der Waals surface area contributed by atoms with Crippen LogP contribution in [-0.2, 0) is 13.5 Å². The van der Waals surface area contributed by atoms with Gasteiger partial charge in [0.1, 0.15) is 11.2 Å². The molecule has 0 fully saturated rings. The maximum Gasteiger partial charge on any atom is 0.229 e. The van der Waals surface area contributed by atoms with Gasteiger partial charge in [-0.3, -0.25) is 9.36 Å². The Hall–Kier alpha value is -2.96. The average Bonchev–Trinajstić information content (AvgIpc) is 2.97. The molecule has 128 valence electrons. The molecular formula is C18H20N6O. The third-order valence-corrected chi connectivity index (χ3v) is 4.73. The molecule has 7 heteroatoms. The van der Waals surface area contributed by atoms with Crippen molar-refractivity contribution in [3.63, 3.8) is 0 Å². The van der Waals surface area contributed by atoms with Crippen molar-refractivity contribution in [2.24, 2.45) is 12.1 Å². The zero-order valence-electron chi connectivity index (χ0n) is 14.7. The average molecular weight is 336 g/mol. The molecule has 1 aromatic carbocycles. The molecule has 0 saturated heterocycles. The smallest absolute Gasteiger partial charge is 0.229 e. The number of nitrogens with one attached hydrogen (secondary N) is 1. The van der Waals surface area contributed by atoms with Crippen LogP contribution in [0.25, 0.3) is 11.2 Å². The van der Waals surface area contributed by atoms with Gasteiger partial charge in [-0.2, -0.15) is 15.2 Å². The number of aryl methyl sites for hydroxylation is 2. The molecule has 3 heterocycles. The zero-order valence-corrected chi connectivity index (χ0v) is 14.7. The summed E-state index contributed by atoms with van der Waals surface area (Å²) in [5.74, 6) is 0.579. The van der Waals surface area contributed by atoms with Gasteiger partial charge in [0.25, 0.3) is 0 Å². The van der Waals surface area contributed by atoms with E-state index < -0.39 is 0 Å². The third kappa shape index (κ3) is 2.43. The molecule has 0 radical (unpaired) electrons. The SMILES string of the molecule is CC1=NNc2nc3c(c(=O)c(Cc4cccc(C)c4)nn3C)n2C1C. The van der Waals surface area contributed by atoms with Crippen LogP contribution >= 0.6 is 0 Å². The van der Waals surface area contributed by atoms with Crippen LogP contribution in [0, 0.1) is 6.92 Å². The van der Waals surface area contributed by atoms with Crippen LogP contribution in [0.2, 0.25) is 0 Å². The summed E-state index contributed by atoms with van der Waals surface area (Å²) in [6.07, 6.45) is 0.500. The topological polar surface area (TPSA) is 77.1 Å². The molecule has 25 heavy (non-hydrogen) atoms. The molecule has 1 N–H and O–H groups in total. The summed E-state index contributed by atoms with van der Waals surface area (Å²) in [5, 5.41) is 8.73. The largest absolute Gasteiger partial charge is 0.295 e. The second-order valence-corrected chi connectivity index (χ2v) is 6.58. The Morgan fingerprint density at radius 1 is 1.28 bits per heavy atom. The number of nitrogens with zero attached hydrogens (tertiary/aromatic N) is 5. The van der Waals surface area contributed by atoms with E-state index in [0.717, 1.165) is 11.3 Å². The summed E-state index contributed by atoms with van der Waals surface area (Å²) in [4.78, 5) is 17.7. The summed E-state index contributed by atoms with van der Waals surface area (Å²) >= 11 is 0. The third-order valence-electron chi connectivity index (χ3n) is 4.73. The molecule has 0 amide bonds. The molecule has 0 bridgehead atoms. The Kier molecular flexibility index (Phi) is 3.45. The molecular weight excluding hydrogens is 316 g/mol. The van der Waals surface area contributed by atoms with Gasteiger partial charge in [-0.05, 0) is 26.3 Å². The van der Waals surface area contributed by atoms with E-state index in [1.807, 2.05) is 50.6 Å². The van der Waals surface area contributed by atoms with E-state index in [-0.39, 0.29) is 11.5 Å². The standard InChI is InChI=1S/C18H20N6O/c1-10-6-5-7-13(8-10)9-14-16(25)15-17(23(4)22-14)19-18-21-20-11(2)12(3)24(15)18/h5-8,12H,9H2,1-4H3,(H,19,21). The number of hydrazone groups is 1. The van der Waals surface area contributed by atoms with E-state index in [9.17, 15) is 4.79 Å². The van der Waals surface area contributed by atoms with Crippen molar-refractivity contribution in [2.75, 3.05) is 5.43 Å². The highest BCUT2D eigenvalue weighted by molar-refractivity contribution is 5.90. The van der Waals surface area contributed by atoms with Gasteiger partial charge in [-0.25, -0.2) is 10.1 Å². The van der Waals surface area contributed by atoms with Gasteiger partial charge in [0.15, 0.2) is 5.65 Å². The lowest BCUT2D eigenvalue weighted by Gasteiger charge is -2.21. The number of benzene rings is 1. The van der Waals surface area contributed by atoms with Crippen molar-refractivity contribution in [1.29, 1.82) is 0 Å². The van der Waals surface area contributed by atoms with Gasteiger partial charge in [0.05, 0.1) is 11.8 Å². The van der Waals surface area contributed by atoms with Crippen molar-refractivity contribution in [1.82, 2.24) is 19.3 Å². The summed E-state index contributed by atoms with van der Waals surface area (Å²) in [6, 6.07) is 8.12. The van der Waals surface area contributed by atoms with Crippen LogP contribution in [-0.4, -0.2) is 25.0 Å². The fraction of sp³-hybridized carbons (Fsp3) is 0.333. The van der Waals surface area contributed by atoms with Gasteiger partial charge in [-0.15, -0.1) is 0 Å². The Bertz CT molecular complexity index is 1080. The highest BCUT2D eigenvalue weighted by Crippen LogP contribution is 2.26. The van der Waals surface area contributed by atoms with Crippen LogP contribution < -0.4 is 10.9 Å². The Balaban J connectivity index is 1.91. The zero-order chi connectivity index (χ0) is 17.7. The van der Waals surface area contributed by atoms with E-state index >= 15 is 0 Å². The lowest BCUT2D eigenvalue weighted by Crippen LogP contribution is -2.26. The number of imidazole rings is 1. The van der Waals surface area contributed by atoms with Gasteiger partial charge in [0, 0.05) is 13.5 Å². The second-order valence-electron chi connectivity index (χ2n) is 6.58. The minimum Gasteiger partial charge on any atom is -0.295 e. The maximum atomic E-state index is 13.2. The summed E-state index contributed by atoms with van der Waals surface area (Å²) in [6.45, 7) is 6.00. The van der Waals surface area contributed by atoms with Crippen molar-refractivity contribution in [3.8, 4) is 0 Å². The molecule has 4 rings (SSSR count). The van der Waals surface area contributed by atoms with Crippen LogP contribution in [0.4, 0.5) is 5.95 Å². The quantitative estimate of drug-likeness (QED) is 0.779. The molecule has 3 aromatic rings. The molecule has 0 spiro atoms. The van der Waals surface area contributed by atoms with Crippen LogP contribution in [0.5, 0.6) is 0 Å². The Labute approximate surface area is 145 Å². The maximum absolute atomic E-state index is 13.2. The molecule has 0 aliphatic carbocycles. The highest BCUT2D eigenvalue weighted by atomic mass is 16.1. The minimum atomic E-state index is -0.0725. The molecule has 2 aromatic heterocycles. The minimum absolute atomic E-state index is 0.0248. The fourth-order valence-electron chi connectivity index (χ4n) is 3.27. The molecule has 1 unspecified atom stereocenters. The Morgan fingerprint density at radius 2 is 2.08 bits per heavy atom. The second kappa shape index (κ2) is 5.54. The molecule has 1 atom stereocenters. The fourth-order valence-corrected chi connectivity index (χ4v) is 3.27. The molecule has 1 aliphatic rings. The number of aromatic nitrogens is 4. The molecule has 1 aliphatic heterocycles. The van der Waals surface area contributed by atoms with Crippen molar-refractivity contribution >= 4 is 22.8 Å². The number of fused-ring (bicyclic) bond motifs is 3. The van der Waals surface area contributed by atoms with E-state index in [1.165, 1.54) is 5.56 Å². The lowest BCUT2D eigenvalue weighted by molar-refractivity contribution is 0.693. The van der Waals surface area contributed by atoms with Crippen molar-refractivity contribution < 1.29 is 0 Å². The number of hydrogen-bond acceptors (Lipinski definition) is 5. The van der Waals surface area contributed by atoms with E-state index in [1.54, 1.807) is 4.68 Å². The van der Waals surface area contributed by atoms with Crippen molar-refractivity contribution in [2.45, 2.75) is 33.2 Å². The van der Waals surface area contributed by atoms with Gasteiger partial charge in [-0.1, -0.05) is 29.8 Å². The van der Waals surface area contributed by atoms with Crippen LogP contribution in [0.1, 0.15) is 36.7 Å². The van der Waals surface area contributed by atoms with E-state index in [2.05, 4.69) is 26.7 Å². The van der Waals surface area contributed by atoms with Gasteiger partial charge >= 0.3 is 0 Å². The number of anilines is 1. The summed E-state index contributed by atoms with van der Waals surface area (Å²) in [7, 11) is 1.82. The summed E-state index contributed by atoms with van der Waals surface area (Å²) in [5.41, 5.74) is 7.67. The first-order valence-electron chi connectivity index (χ1n) is 8.29. The first kappa shape index (κ1) is 15.6. The first-order chi connectivity index (χ1) is 12.0. The normalized spacial score (nSPS) is 16.5. The predicted molar refractivity (Wildman–Crippen MR) is 98.2 cm³/mol. The molecule has 7 nitrogen and oxygen atoms in total. The van der Waals surface area contributed by atoms with Gasteiger partial charge < -0.3 is 0 Å². The van der Waals surface area contributed by atoms with E-state index in [4.69, 9.17) is 0 Å². The Morgan fingerprint density at radius 3 is 2.84 bits per heavy atom. The van der Waals surface area contributed by atoms with E-state index in [0.29, 0.717) is 29.2 Å². The summed E-state index contributed by atoms with van der Waals surface area (Å²) < 4.78 is 3.60. The molecule has 0 saturated carbocycles. The predicted octanol–water partition coefficient (Wildman–Crippen LogP) is 2.39. The number of hydrogen-bond donors (Lipinski definition) is 1. The van der Waals surface area contributed by atoms with Crippen LogP contribution in [0.15, 0.2) is 34.2 Å². The first-order valence-corrected chi connectivity index (χ1v) is 8.29. The van der Waals surface area contributed by atoms with Crippen LogP contribution in [0.3, 0.4) is 0 Å². The van der Waals surface area contributed by atoms with Gasteiger partial charge in [0.2, 0.25) is 11.4 Å². The highest BCUT2D eigenvalue weighted by Gasteiger charge is 2.26. The number of rotatable bonds is 2. The monoisotopic (exact) mass is 336 g/mol.